The van der Waals surface area contributed by atoms with Crippen molar-refractivity contribution in [1.29, 1.82) is 0 Å². The minimum Gasteiger partial charge on any atom is -0.455 e. The topological polar surface area (TPSA) is 118 Å². The van der Waals surface area contributed by atoms with Crippen molar-refractivity contribution in [3.8, 4) is 34.0 Å². The highest BCUT2D eigenvalue weighted by molar-refractivity contribution is 7.92. The third kappa shape index (κ3) is 4.09. The first-order valence-electron chi connectivity index (χ1n) is 13.5. The molecule has 0 saturated carbocycles. The number of aromatic nitrogens is 2. The van der Waals surface area contributed by atoms with Crippen LogP contribution in [0.3, 0.4) is 0 Å². The molecule has 1 aliphatic heterocycles. The summed E-state index contributed by atoms with van der Waals surface area (Å²) >= 11 is 0. The molecule has 2 N–H and O–H groups in total. The Morgan fingerprint density at radius 2 is 1.80 bits per heavy atom. The Morgan fingerprint density at radius 3 is 2.50 bits per heavy atom. The number of nitrogens with one attached hydrogen (secondary N) is 1. The van der Waals surface area contributed by atoms with Crippen LogP contribution in [-0.4, -0.2) is 49.3 Å². The van der Waals surface area contributed by atoms with Gasteiger partial charge in [-0.2, -0.15) is 0 Å². The van der Waals surface area contributed by atoms with E-state index in [4.69, 9.17) is 9.40 Å². The van der Waals surface area contributed by atoms with Crippen molar-refractivity contribution in [2.45, 2.75) is 6.23 Å². The van der Waals surface area contributed by atoms with Gasteiger partial charge in [-0.05, 0) is 54.6 Å². The van der Waals surface area contributed by atoms with E-state index in [1.165, 1.54) is 50.5 Å². The quantitative estimate of drug-likeness (QED) is 0.259. The number of aliphatic hydroxyl groups is 1. The molecule has 12 heteroatoms. The average molecular weight is 615 g/mol. The summed E-state index contributed by atoms with van der Waals surface area (Å²) in [5, 5.41) is 14.5. The molecular formula is C32H24F2N4O5S. The number of hydrogen-bond acceptors (Lipinski definition) is 6. The maximum Gasteiger partial charge on any atom is 0.255 e. The summed E-state index contributed by atoms with van der Waals surface area (Å²) in [6.07, 6.45) is -0.0452. The van der Waals surface area contributed by atoms with E-state index in [1.54, 1.807) is 41.0 Å². The number of amides is 1. The lowest BCUT2D eigenvalue weighted by molar-refractivity contribution is 0.0964. The van der Waals surface area contributed by atoms with Crippen LogP contribution in [0.15, 0.2) is 77.2 Å². The zero-order valence-electron chi connectivity index (χ0n) is 23.6. The fourth-order valence-electron chi connectivity index (χ4n) is 5.76. The normalized spacial score (nSPS) is 14.2. The molecule has 1 aliphatic rings. The molecule has 1 atom stereocenters. The van der Waals surface area contributed by atoms with Gasteiger partial charge in [0.2, 0.25) is 10.0 Å². The zero-order chi connectivity index (χ0) is 31.1. The Labute approximate surface area is 250 Å². The summed E-state index contributed by atoms with van der Waals surface area (Å²) in [5.74, 6) is -1.17. The third-order valence-corrected chi connectivity index (χ3v) is 9.19. The minimum atomic E-state index is -3.77. The van der Waals surface area contributed by atoms with Gasteiger partial charge in [0, 0.05) is 47.6 Å². The largest absolute Gasteiger partial charge is 0.455 e. The van der Waals surface area contributed by atoms with E-state index >= 15 is 0 Å². The van der Waals surface area contributed by atoms with Crippen LogP contribution < -0.4 is 9.62 Å². The summed E-state index contributed by atoms with van der Waals surface area (Å²) in [6, 6.07) is 18.2. The standard InChI is InChI=1S/C32H24F2N4O5S/c1-35-31(39)28-21-13-20(25(37(2)44(3,41)42)15-27(21)43-30(28)16-7-9-17(33)10-8-16)23-12-11-18-29(36-23)26-14-19-22(34)5-4-6-24(19)38(26)32(18)40/h4-15,32,40H,1-3H3,(H,35,39). The molecular weight excluding hydrogens is 590 g/mol. The fraction of sp³-hybridized carbons (Fsp3) is 0.125. The summed E-state index contributed by atoms with van der Waals surface area (Å²) in [4.78, 5) is 18.0. The Balaban J connectivity index is 1.50. The summed E-state index contributed by atoms with van der Waals surface area (Å²) in [5.41, 5.74) is 3.70. The number of rotatable bonds is 5. The van der Waals surface area contributed by atoms with E-state index in [0.717, 1.165) is 10.6 Å². The van der Waals surface area contributed by atoms with Gasteiger partial charge in [0.1, 0.15) is 23.0 Å². The number of nitrogens with zero attached hydrogens (tertiary/aromatic N) is 3. The van der Waals surface area contributed by atoms with E-state index in [2.05, 4.69) is 5.32 Å². The van der Waals surface area contributed by atoms with Gasteiger partial charge in [-0.15, -0.1) is 0 Å². The molecule has 0 radical (unpaired) electrons. The molecule has 0 bridgehead atoms. The van der Waals surface area contributed by atoms with E-state index in [-0.39, 0.29) is 22.6 Å². The monoisotopic (exact) mass is 614 g/mol. The summed E-state index contributed by atoms with van der Waals surface area (Å²) in [6.45, 7) is 0. The minimum absolute atomic E-state index is 0.177. The van der Waals surface area contributed by atoms with Crippen molar-refractivity contribution in [3.05, 3.63) is 95.6 Å². The second-order valence-electron chi connectivity index (χ2n) is 10.6. The van der Waals surface area contributed by atoms with E-state index in [0.29, 0.717) is 50.1 Å². The van der Waals surface area contributed by atoms with Gasteiger partial charge in [0.15, 0.2) is 6.23 Å². The Hall–Kier alpha value is -5.07. The van der Waals surface area contributed by atoms with Crippen molar-refractivity contribution in [1.82, 2.24) is 14.9 Å². The lowest BCUT2D eigenvalue weighted by atomic mass is 10.00. The molecule has 4 heterocycles. The fourth-order valence-corrected chi connectivity index (χ4v) is 6.27. The number of fused-ring (bicyclic) bond motifs is 6. The zero-order valence-corrected chi connectivity index (χ0v) is 24.4. The van der Waals surface area contributed by atoms with Crippen LogP contribution in [0.25, 0.3) is 55.8 Å². The van der Waals surface area contributed by atoms with Crippen LogP contribution in [0.2, 0.25) is 0 Å². The van der Waals surface area contributed by atoms with E-state index in [1.807, 2.05) is 0 Å². The first-order chi connectivity index (χ1) is 21.0. The maximum absolute atomic E-state index is 14.6. The highest BCUT2D eigenvalue weighted by Crippen LogP contribution is 2.45. The number of aliphatic hydroxyl groups excluding tert-OH is 1. The van der Waals surface area contributed by atoms with Crippen molar-refractivity contribution >= 4 is 43.5 Å². The smallest absolute Gasteiger partial charge is 0.255 e. The molecule has 222 valence electrons. The number of furan rings is 1. The predicted molar refractivity (Wildman–Crippen MR) is 163 cm³/mol. The average Bonchev–Trinajstić information content (AvgIpc) is 3.66. The van der Waals surface area contributed by atoms with E-state index < -0.39 is 33.8 Å². The molecule has 7 rings (SSSR count). The molecule has 9 nitrogen and oxygen atoms in total. The molecule has 6 aromatic rings. The molecule has 1 amide bonds. The maximum atomic E-state index is 14.6. The summed E-state index contributed by atoms with van der Waals surface area (Å²) < 4.78 is 62.7. The molecule has 44 heavy (non-hydrogen) atoms. The number of hydrogen-bond donors (Lipinski definition) is 2. The van der Waals surface area contributed by atoms with Crippen LogP contribution in [0.4, 0.5) is 14.5 Å². The van der Waals surface area contributed by atoms with Crippen molar-refractivity contribution in [3.63, 3.8) is 0 Å². The lowest BCUT2D eigenvalue weighted by Gasteiger charge is -2.20. The van der Waals surface area contributed by atoms with Gasteiger partial charge in [0.05, 0.1) is 40.1 Å². The van der Waals surface area contributed by atoms with E-state index in [9.17, 15) is 27.1 Å². The summed E-state index contributed by atoms with van der Waals surface area (Å²) in [7, 11) is -0.910. The highest BCUT2D eigenvalue weighted by atomic mass is 32.2. The van der Waals surface area contributed by atoms with Crippen molar-refractivity contribution in [2.75, 3.05) is 24.7 Å². The lowest BCUT2D eigenvalue weighted by Crippen LogP contribution is -2.25. The van der Waals surface area contributed by atoms with Crippen LogP contribution in [0.1, 0.15) is 22.1 Å². The number of benzene rings is 3. The number of anilines is 1. The Bertz CT molecular complexity index is 2280. The molecule has 0 aliphatic carbocycles. The first-order valence-corrected chi connectivity index (χ1v) is 15.3. The first kappa shape index (κ1) is 27.7. The number of sulfonamides is 1. The van der Waals surface area contributed by atoms with Gasteiger partial charge >= 0.3 is 0 Å². The second-order valence-corrected chi connectivity index (χ2v) is 12.6. The predicted octanol–water partition coefficient (Wildman–Crippen LogP) is 5.67. The van der Waals surface area contributed by atoms with Crippen LogP contribution >= 0.6 is 0 Å². The van der Waals surface area contributed by atoms with Gasteiger partial charge in [-0.25, -0.2) is 22.2 Å². The van der Waals surface area contributed by atoms with Crippen LogP contribution in [0.5, 0.6) is 0 Å². The second kappa shape index (κ2) is 9.73. The highest BCUT2D eigenvalue weighted by Gasteiger charge is 2.32. The molecule has 3 aromatic heterocycles. The molecule has 0 spiro atoms. The number of pyridine rings is 1. The molecule has 1 unspecified atom stereocenters. The van der Waals surface area contributed by atoms with Crippen molar-refractivity contribution < 1.29 is 31.5 Å². The number of halogens is 2. The SMILES string of the molecule is CNC(=O)c1c(-c2ccc(F)cc2)oc2cc(N(C)S(C)(=O)=O)c(-c3ccc4c(n3)-c3cc5c(F)cccc5n3C4O)cc12. The number of carbonyl (C=O) groups is 1. The van der Waals surface area contributed by atoms with Gasteiger partial charge in [0.25, 0.3) is 5.91 Å². The molecule has 0 saturated heterocycles. The van der Waals surface area contributed by atoms with Gasteiger partial charge in [-0.3, -0.25) is 9.10 Å². The Morgan fingerprint density at radius 1 is 1.05 bits per heavy atom. The third-order valence-electron chi connectivity index (χ3n) is 8.00. The molecule has 0 fully saturated rings. The van der Waals surface area contributed by atoms with Crippen molar-refractivity contribution in [2.24, 2.45) is 0 Å². The van der Waals surface area contributed by atoms with Gasteiger partial charge in [-0.1, -0.05) is 12.1 Å². The Kier molecular flexibility index (Phi) is 6.13. The van der Waals surface area contributed by atoms with Crippen LogP contribution in [-0.2, 0) is 10.0 Å². The molecule has 3 aromatic carbocycles. The van der Waals surface area contributed by atoms with Crippen LogP contribution in [0, 0.1) is 11.6 Å². The number of carbonyl (C=O) groups excluding carboxylic acids is 1. The van der Waals surface area contributed by atoms with Gasteiger partial charge < -0.3 is 19.4 Å².